The van der Waals surface area contributed by atoms with Crippen LogP contribution >= 0.6 is 11.3 Å². The SMILES string of the molecule is COc1c(NC(=O)Nc2ncc(-c3ccccc3)s2)c(C)nn1C. The minimum absolute atomic E-state index is 0.390. The average Bonchev–Trinajstić information content (AvgIpc) is 3.13. The van der Waals surface area contributed by atoms with Crippen LogP contribution in [0.2, 0.25) is 0 Å². The molecule has 0 saturated heterocycles. The van der Waals surface area contributed by atoms with Gasteiger partial charge in [-0.15, -0.1) is 0 Å². The molecule has 124 valence electrons. The number of benzene rings is 1. The summed E-state index contributed by atoms with van der Waals surface area (Å²) in [5.41, 5.74) is 2.28. The van der Waals surface area contributed by atoms with Gasteiger partial charge in [0.25, 0.3) is 0 Å². The number of aryl methyl sites for hydroxylation is 2. The molecule has 0 bridgehead atoms. The van der Waals surface area contributed by atoms with Crippen molar-refractivity contribution < 1.29 is 9.53 Å². The third-order valence-corrected chi connectivity index (χ3v) is 4.35. The quantitative estimate of drug-likeness (QED) is 0.760. The number of nitrogens with zero attached hydrogens (tertiary/aromatic N) is 3. The highest BCUT2D eigenvalue weighted by Crippen LogP contribution is 2.30. The smallest absolute Gasteiger partial charge is 0.325 e. The lowest BCUT2D eigenvalue weighted by atomic mass is 10.2. The van der Waals surface area contributed by atoms with Gasteiger partial charge in [-0.1, -0.05) is 41.7 Å². The Bertz CT molecular complexity index is 857. The van der Waals surface area contributed by atoms with Gasteiger partial charge < -0.3 is 10.1 Å². The number of hydrogen-bond acceptors (Lipinski definition) is 5. The van der Waals surface area contributed by atoms with Gasteiger partial charge in [0.05, 0.1) is 17.7 Å². The van der Waals surface area contributed by atoms with Gasteiger partial charge in [0.2, 0.25) is 5.88 Å². The molecular weight excluding hydrogens is 326 g/mol. The van der Waals surface area contributed by atoms with E-state index in [1.165, 1.54) is 18.4 Å². The number of anilines is 2. The van der Waals surface area contributed by atoms with Crippen molar-refractivity contribution in [2.45, 2.75) is 6.92 Å². The number of aromatic nitrogens is 3. The van der Waals surface area contributed by atoms with E-state index in [-0.39, 0.29) is 0 Å². The zero-order valence-electron chi connectivity index (χ0n) is 13.5. The number of rotatable bonds is 4. The summed E-state index contributed by atoms with van der Waals surface area (Å²) in [4.78, 5) is 17.4. The molecule has 0 atom stereocenters. The molecular formula is C16H17N5O2S. The molecule has 0 spiro atoms. The summed E-state index contributed by atoms with van der Waals surface area (Å²) in [6, 6.07) is 9.50. The number of amides is 2. The van der Waals surface area contributed by atoms with Crippen LogP contribution in [0, 0.1) is 6.92 Å². The third-order valence-electron chi connectivity index (χ3n) is 3.39. The summed E-state index contributed by atoms with van der Waals surface area (Å²) in [5.74, 6) is 0.492. The Hall–Kier alpha value is -2.87. The van der Waals surface area contributed by atoms with Gasteiger partial charge in [0.1, 0.15) is 5.69 Å². The van der Waals surface area contributed by atoms with Crippen molar-refractivity contribution in [2.24, 2.45) is 7.05 Å². The number of carbonyl (C=O) groups excluding carboxylic acids is 1. The largest absolute Gasteiger partial charge is 0.480 e. The van der Waals surface area contributed by atoms with Crippen LogP contribution in [0.5, 0.6) is 5.88 Å². The lowest BCUT2D eigenvalue weighted by molar-refractivity contribution is 0.262. The first-order valence-electron chi connectivity index (χ1n) is 7.25. The van der Waals surface area contributed by atoms with E-state index in [1.807, 2.05) is 30.3 Å². The molecule has 0 fully saturated rings. The van der Waals surface area contributed by atoms with Gasteiger partial charge >= 0.3 is 6.03 Å². The molecule has 0 aliphatic rings. The maximum absolute atomic E-state index is 12.2. The number of nitrogens with one attached hydrogen (secondary N) is 2. The predicted molar refractivity (Wildman–Crippen MR) is 94.7 cm³/mol. The first-order valence-corrected chi connectivity index (χ1v) is 8.07. The molecule has 8 heteroatoms. The fourth-order valence-electron chi connectivity index (χ4n) is 2.32. The minimum Gasteiger partial charge on any atom is -0.480 e. The molecule has 24 heavy (non-hydrogen) atoms. The number of carbonyl (C=O) groups is 1. The lowest BCUT2D eigenvalue weighted by Crippen LogP contribution is -2.19. The van der Waals surface area contributed by atoms with Crippen LogP contribution in [-0.4, -0.2) is 27.9 Å². The Morgan fingerprint density at radius 1 is 1.25 bits per heavy atom. The van der Waals surface area contributed by atoms with Crippen LogP contribution in [0.25, 0.3) is 10.4 Å². The summed E-state index contributed by atoms with van der Waals surface area (Å²) in [7, 11) is 3.29. The van der Waals surface area contributed by atoms with E-state index in [9.17, 15) is 4.79 Å². The van der Waals surface area contributed by atoms with Crippen LogP contribution < -0.4 is 15.4 Å². The van der Waals surface area contributed by atoms with Gasteiger partial charge in [-0.2, -0.15) is 5.10 Å². The number of ether oxygens (including phenoxy) is 1. The summed E-state index contributed by atoms with van der Waals surface area (Å²) < 4.78 is 6.83. The average molecular weight is 343 g/mol. The van der Waals surface area contributed by atoms with Crippen molar-refractivity contribution in [2.75, 3.05) is 17.7 Å². The van der Waals surface area contributed by atoms with E-state index in [0.29, 0.717) is 22.4 Å². The van der Waals surface area contributed by atoms with Crippen molar-refractivity contribution in [3.8, 4) is 16.3 Å². The van der Waals surface area contributed by atoms with Crippen LogP contribution in [0.4, 0.5) is 15.6 Å². The van der Waals surface area contributed by atoms with E-state index in [4.69, 9.17) is 4.74 Å². The van der Waals surface area contributed by atoms with Crippen LogP contribution in [0.15, 0.2) is 36.5 Å². The first-order chi connectivity index (χ1) is 11.6. The van der Waals surface area contributed by atoms with Gasteiger partial charge in [-0.3, -0.25) is 5.32 Å². The molecule has 2 amide bonds. The van der Waals surface area contributed by atoms with Gasteiger partial charge in [0.15, 0.2) is 5.13 Å². The number of methoxy groups -OCH3 is 1. The molecule has 2 aromatic heterocycles. The second-order valence-corrected chi connectivity index (χ2v) is 6.10. The van der Waals surface area contributed by atoms with Crippen molar-refractivity contribution in [3.63, 3.8) is 0 Å². The van der Waals surface area contributed by atoms with Crippen molar-refractivity contribution in [1.29, 1.82) is 0 Å². The number of hydrogen-bond donors (Lipinski definition) is 2. The summed E-state index contributed by atoms with van der Waals surface area (Å²) >= 11 is 1.41. The highest BCUT2D eigenvalue weighted by molar-refractivity contribution is 7.19. The molecule has 3 aromatic rings. The fourth-order valence-corrected chi connectivity index (χ4v) is 3.14. The molecule has 0 radical (unpaired) electrons. The van der Waals surface area contributed by atoms with Gasteiger partial charge in [-0.25, -0.2) is 14.5 Å². The molecule has 0 unspecified atom stereocenters. The first kappa shape index (κ1) is 16.0. The molecule has 1 aromatic carbocycles. The normalized spacial score (nSPS) is 10.5. The van der Waals surface area contributed by atoms with Gasteiger partial charge in [-0.05, 0) is 12.5 Å². The van der Waals surface area contributed by atoms with E-state index < -0.39 is 6.03 Å². The second-order valence-electron chi connectivity index (χ2n) is 5.07. The number of urea groups is 1. The number of thiazole rings is 1. The summed E-state index contributed by atoms with van der Waals surface area (Å²) in [6.07, 6.45) is 1.74. The molecule has 2 N–H and O–H groups in total. The van der Waals surface area contributed by atoms with E-state index in [2.05, 4.69) is 20.7 Å². The molecule has 3 rings (SSSR count). The summed E-state index contributed by atoms with van der Waals surface area (Å²) in [6.45, 7) is 1.80. The Morgan fingerprint density at radius 3 is 2.71 bits per heavy atom. The summed E-state index contributed by atoms with van der Waals surface area (Å²) in [5, 5.41) is 10.2. The fraction of sp³-hybridized carbons (Fsp3) is 0.188. The molecule has 0 saturated carbocycles. The topological polar surface area (TPSA) is 81.1 Å². The Labute approximate surface area is 143 Å². The van der Waals surface area contributed by atoms with E-state index in [0.717, 1.165) is 10.4 Å². The van der Waals surface area contributed by atoms with Crippen molar-refractivity contribution in [1.82, 2.24) is 14.8 Å². The maximum atomic E-state index is 12.2. The highest BCUT2D eigenvalue weighted by Gasteiger charge is 2.17. The maximum Gasteiger partial charge on any atom is 0.325 e. The van der Waals surface area contributed by atoms with E-state index in [1.54, 1.807) is 24.9 Å². The lowest BCUT2D eigenvalue weighted by Gasteiger charge is -2.07. The Kier molecular flexibility index (Phi) is 4.48. The van der Waals surface area contributed by atoms with Crippen LogP contribution in [0.3, 0.4) is 0 Å². The monoisotopic (exact) mass is 343 g/mol. The van der Waals surface area contributed by atoms with E-state index >= 15 is 0 Å². The Balaban J connectivity index is 1.71. The van der Waals surface area contributed by atoms with Crippen molar-refractivity contribution in [3.05, 3.63) is 42.2 Å². The predicted octanol–water partition coefficient (Wildman–Crippen LogP) is 3.50. The molecule has 0 aliphatic carbocycles. The van der Waals surface area contributed by atoms with Crippen LogP contribution in [0.1, 0.15) is 5.69 Å². The minimum atomic E-state index is -0.390. The molecule has 2 heterocycles. The molecule has 0 aliphatic heterocycles. The van der Waals surface area contributed by atoms with Crippen LogP contribution in [-0.2, 0) is 7.05 Å². The molecule has 7 nitrogen and oxygen atoms in total. The standard InChI is InChI=1S/C16H17N5O2S/c1-10-13(14(23-3)21(2)20-10)18-15(22)19-16-17-9-12(24-16)11-7-5-4-6-8-11/h4-9H,1-3H3,(H2,17,18,19,22). The van der Waals surface area contributed by atoms with Crippen molar-refractivity contribution >= 4 is 28.2 Å². The zero-order valence-corrected chi connectivity index (χ0v) is 14.3. The van der Waals surface area contributed by atoms with Gasteiger partial charge in [0, 0.05) is 13.2 Å². The highest BCUT2D eigenvalue weighted by atomic mass is 32.1. The zero-order chi connectivity index (χ0) is 17.1. The second kappa shape index (κ2) is 6.71. The third kappa shape index (κ3) is 3.23. The Morgan fingerprint density at radius 2 is 2.00 bits per heavy atom.